The van der Waals surface area contributed by atoms with Gasteiger partial charge in [-0.05, 0) is 31.5 Å². The zero-order chi connectivity index (χ0) is 13.9. The smallest absolute Gasteiger partial charge is 0.319 e. The molecule has 0 aliphatic heterocycles. The number of hydrogen-bond donors (Lipinski definition) is 1. The normalized spacial score (nSPS) is 11.3. The summed E-state index contributed by atoms with van der Waals surface area (Å²) in [5.41, 5.74) is 1.90. The van der Waals surface area contributed by atoms with Crippen LogP contribution in [0.15, 0.2) is 47.9 Å². The summed E-state index contributed by atoms with van der Waals surface area (Å²) in [6.07, 6.45) is 6.85. The van der Waals surface area contributed by atoms with Crippen LogP contribution in [-0.2, 0) is 4.79 Å². The van der Waals surface area contributed by atoms with Gasteiger partial charge >= 0.3 is 5.97 Å². The second-order valence-corrected chi connectivity index (χ2v) is 6.20. The maximum absolute atomic E-state index is 11.2. The lowest BCUT2D eigenvalue weighted by molar-refractivity contribution is -0.138. The molecule has 1 N–H and O–H groups in total. The van der Waals surface area contributed by atoms with E-state index in [0.29, 0.717) is 0 Å². The molecule has 0 aliphatic rings. The van der Waals surface area contributed by atoms with Gasteiger partial charge in [-0.1, -0.05) is 6.07 Å². The molecule has 2 heterocycles. The van der Waals surface area contributed by atoms with Crippen LogP contribution in [0, 0.1) is 0 Å². The topological polar surface area (TPSA) is 63.1 Å². The van der Waals surface area contributed by atoms with Gasteiger partial charge in [0.05, 0.1) is 0 Å². The predicted molar refractivity (Wildman–Crippen MR) is 75.0 cm³/mol. The molecule has 4 nitrogen and oxygen atoms in total. The van der Waals surface area contributed by atoms with Crippen LogP contribution in [0.4, 0.5) is 0 Å². The van der Waals surface area contributed by atoms with E-state index in [2.05, 4.69) is 9.97 Å². The number of hydrogen-bond acceptors (Lipinski definition) is 4. The van der Waals surface area contributed by atoms with Gasteiger partial charge in [0.25, 0.3) is 0 Å². The van der Waals surface area contributed by atoms with E-state index in [1.807, 2.05) is 18.2 Å². The zero-order valence-electron chi connectivity index (χ0n) is 10.7. The molecular formula is C14H14N2O2S. The quantitative estimate of drug-likeness (QED) is 0.868. The first-order valence-corrected chi connectivity index (χ1v) is 6.59. The Balaban J connectivity index is 2.40. The van der Waals surface area contributed by atoms with E-state index in [-0.39, 0.29) is 0 Å². The number of pyridine rings is 2. The highest BCUT2D eigenvalue weighted by molar-refractivity contribution is 8.01. The minimum absolute atomic E-state index is 0.836. The minimum Gasteiger partial charge on any atom is -0.480 e. The van der Waals surface area contributed by atoms with Crippen molar-refractivity contribution in [3.05, 3.63) is 43.0 Å². The van der Waals surface area contributed by atoms with E-state index in [1.165, 1.54) is 11.8 Å². The van der Waals surface area contributed by atoms with Crippen LogP contribution >= 0.6 is 11.8 Å². The molecule has 0 aliphatic carbocycles. The van der Waals surface area contributed by atoms with E-state index in [4.69, 9.17) is 0 Å². The lowest BCUT2D eigenvalue weighted by Gasteiger charge is -2.20. The molecule has 2 aromatic rings. The molecule has 2 rings (SSSR count). The van der Waals surface area contributed by atoms with Crippen LogP contribution in [0.5, 0.6) is 0 Å². The van der Waals surface area contributed by atoms with Crippen molar-refractivity contribution in [1.82, 2.24) is 9.97 Å². The first-order chi connectivity index (χ1) is 9.00. The van der Waals surface area contributed by atoms with E-state index in [0.717, 1.165) is 16.0 Å². The summed E-state index contributed by atoms with van der Waals surface area (Å²) >= 11 is 1.29. The largest absolute Gasteiger partial charge is 0.480 e. The molecule has 0 amide bonds. The maximum atomic E-state index is 11.2. The van der Waals surface area contributed by atoms with Gasteiger partial charge in [-0.15, -0.1) is 11.8 Å². The number of thioether (sulfide) groups is 1. The lowest BCUT2D eigenvalue weighted by Crippen LogP contribution is -2.27. The molecule has 98 valence electrons. The number of aromatic nitrogens is 2. The third-order valence-corrected chi connectivity index (χ3v) is 3.87. The van der Waals surface area contributed by atoms with Gasteiger partial charge in [0.1, 0.15) is 4.75 Å². The Morgan fingerprint density at radius 1 is 1.21 bits per heavy atom. The summed E-state index contributed by atoms with van der Waals surface area (Å²) < 4.78 is -0.903. The average Bonchev–Trinajstić information content (AvgIpc) is 2.40. The number of carboxylic acids is 1. The Hall–Kier alpha value is -1.88. The first kappa shape index (κ1) is 13.5. The van der Waals surface area contributed by atoms with E-state index in [1.54, 1.807) is 38.6 Å². The second-order valence-electron chi connectivity index (χ2n) is 4.53. The molecule has 19 heavy (non-hydrogen) atoms. The monoisotopic (exact) mass is 274 g/mol. The van der Waals surface area contributed by atoms with Crippen LogP contribution in [0.25, 0.3) is 11.1 Å². The van der Waals surface area contributed by atoms with E-state index < -0.39 is 10.7 Å². The van der Waals surface area contributed by atoms with Gasteiger partial charge < -0.3 is 5.11 Å². The van der Waals surface area contributed by atoms with Crippen molar-refractivity contribution >= 4 is 17.7 Å². The molecule has 0 unspecified atom stereocenters. The van der Waals surface area contributed by atoms with Crippen molar-refractivity contribution in [2.24, 2.45) is 0 Å². The Kier molecular flexibility index (Phi) is 3.85. The van der Waals surface area contributed by atoms with Crippen LogP contribution in [0.2, 0.25) is 0 Å². The third-order valence-electron chi connectivity index (χ3n) is 2.64. The maximum Gasteiger partial charge on any atom is 0.319 e. The van der Waals surface area contributed by atoms with Gasteiger partial charge in [-0.2, -0.15) is 0 Å². The fourth-order valence-electron chi connectivity index (χ4n) is 1.54. The SMILES string of the molecule is CC(C)(Sc1cnccc1-c1cccnc1)C(=O)O. The number of carboxylic acid groups (broad SMARTS) is 1. The molecule has 5 heteroatoms. The summed E-state index contributed by atoms with van der Waals surface area (Å²) in [5, 5.41) is 9.21. The van der Waals surface area contributed by atoms with Gasteiger partial charge in [0.2, 0.25) is 0 Å². The molecule has 0 saturated heterocycles. The first-order valence-electron chi connectivity index (χ1n) is 5.77. The zero-order valence-corrected chi connectivity index (χ0v) is 11.5. The van der Waals surface area contributed by atoms with Gasteiger partial charge in [-0.25, -0.2) is 0 Å². The highest BCUT2D eigenvalue weighted by Crippen LogP contribution is 2.38. The summed E-state index contributed by atoms with van der Waals surface area (Å²) in [7, 11) is 0. The van der Waals surface area contributed by atoms with Crippen LogP contribution in [-0.4, -0.2) is 25.8 Å². The van der Waals surface area contributed by atoms with Crippen molar-refractivity contribution in [1.29, 1.82) is 0 Å². The molecule has 0 atom stereocenters. The molecule has 0 fully saturated rings. The Morgan fingerprint density at radius 3 is 2.58 bits per heavy atom. The van der Waals surface area contributed by atoms with Crippen molar-refractivity contribution < 1.29 is 9.90 Å². The molecule has 0 bridgehead atoms. The second kappa shape index (κ2) is 5.40. The number of aliphatic carboxylic acids is 1. The molecule has 2 aromatic heterocycles. The average molecular weight is 274 g/mol. The van der Waals surface area contributed by atoms with Crippen LogP contribution < -0.4 is 0 Å². The third kappa shape index (κ3) is 3.12. The van der Waals surface area contributed by atoms with Crippen molar-refractivity contribution in [3.63, 3.8) is 0 Å². The summed E-state index contributed by atoms with van der Waals surface area (Å²) in [4.78, 5) is 20.2. The van der Waals surface area contributed by atoms with Crippen LogP contribution in [0.1, 0.15) is 13.8 Å². The van der Waals surface area contributed by atoms with Crippen LogP contribution in [0.3, 0.4) is 0 Å². The highest BCUT2D eigenvalue weighted by atomic mass is 32.2. The fourth-order valence-corrected chi connectivity index (χ4v) is 2.59. The standard InChI is InChI=1S/C14H14N2O2S/c1-14(2,13(17)18)19-12-9-16-7-5-11(12)10-4-3-6-15-8-10/h3-9H,1-2H3,(H,17,18). The molecule has 0 saturated carbocycles. The van der Waals surface area contributed by atoms with Gasteiger partial charge in [0.15, 0.2) is 0 Å². The van der Waals surface area contributed by atoms with E-state index in [9.17, 15) is 9.90 Å². The minimum atomic E-state index is -0.903. The number of carbonyl (C=O) groups is 1. The van der Waals surface area contributed by atoms with Gasteiger partial charge in [0, 0.05) is 35.2 Å². The molecule has 0 aromatic carbocycles. The van der Waals surface area contributed by atoms with Crippen molar-refractivity contribution in [2.45, 2.75) is 23.5 Å². The van der Waals surface area contributed by atoms with E-state index >= 15 is 0 Å². The predicted octanol–water partition coefficient (Wildman–Crippen LogP) is 3.10. The Bertz CT molecular complexity index is 585. The summed E-state index contributed by atoms with van der Waals surface area (Å²) in [5.74, 6) is -0.849. The molecule has 0 spiro atoms. The fraction of sp³-hybridized carbons (Fsp3) is 0.214. The molecular weight excluding hydrogens is 260 g/mol. The summed E-state index contributed by atoms with van der Waals surface area (Å²) in [6.45, 7) is 3.36. The Labute approximate surface area is 115 Å². The number of nitrogens with zero attached hydrogens (tertiary/aromatic N) is 2. The highest BCUT2D eigenvalue weighted by Gasteiger charge is 2.29. The van der Waals surface area contributed by atoms with Crippen molar-refractivity contribution in [3.8, 4) is 11.1 Å². The van der Waals surface area contributed by atoms with Gasteiger partial charge in [-0.3, -0.25) is 14.8 Å². The molecule has 0 radical (unpaired) electrons. The lowest BCUT2D eigenvalue weighted by atomic mass is 10.1. The Morgan fingerprint density at radius 2 is 1.95 bits per heavy atom. The summed E-state index contributed by atoms with van der Waals surface area (Å²) in [6, 6.07) is 5.67. The van der Waals surface area contributed by atoms with Crippen molar-refractivity contribution in [2.75, 3.05) is 0 Å². The number of rotatable bonds is 4.